The highest BCUT2D eigenvalue weighted by Gasteiger charge is 2.40. The first-order valence-electron chi connectivity index (χ1n) is 12.0. The molecule has 196 valence electrons. The van der Waals surface area contributed by atoms with Gasteiger partial charge in [0.05, 0.1) is 21.3 Å². The lowest BCUT2D eigenvalue weighted by Crippen LogP contribution is -2.58. The van der Waals surface area contributed by atoms with E-state index >= 15 is 0 Å². The Morgan fingerprint density at radius 3 is 2.26 bits per heavy atom. The Labute approximate surface area is 207 Å². The summed E-state index contributed by atoms with van der Waals surface area (Å²) in [6.07, 6.45) is 1.92. The number of amides is 3. The van der Waals surface area contributed by atoms with Crippen LogP contribution in [0.2, 0.25) is 0 Å². The fourth-order valence-electron chi connectivity index (χ4n) is 3.97. The number of ether oxygens (including phenoxy) is 3. The number of carbonyl (C=O) groups excluding carboxylic acids is 3. The molecule has 0 saturated carbocycles. The van der Waals surface area contributed by atoms with Crippen LogP contribution in [0.1, 0.15) is 58.4 Å². The molecule has 1 aliphatic heterocycles. The number of aliphatic hydroxyl groups is 1. The van der Waals surface area contributed by atoms with Crippen molar-refractivity contribution < 1.29 is 33.7 Å². The maximum Gasteiger partial charge on any atom is 0.261 e. The van der Waals surface area contributed by atoms with Crippen molar-refractivity contribution in [2.24, 2.45) is 5.41 Å². The summed E-state index contributed by atoms with van der Waals surface area (Å²) < 4.78 is 16.0. The van der Waals surface area contributed by atoms with E-state index in [4.69, 9.17) is 14.2 Å². The molecule has 2 rings (SSSR count). The van der Waals surface area contributed by atoms with Crippen LogP contribution in [0, 0.1) is 5.41 Å². The second kappa shape index (κ2) is 12.6. The number of nitrogens with one attached hydrogen (secondary N) is 2. The molecule has 0 aromatic heterocycles. The van der Waals surface area contributed by atoms with Crippen molar-refractivity contribution in [2.75, 3.05) is 27.9 Å². The minimum absolute atomic E-state index is 0.107. The van der Waals surface area contributed by atoms with Gasteiger partial charge in [-0.3, -0.25) is 25.2 Å². The molecule has 1 fully saturated rings. The van der Waals surface area contributed by atoms with E-state index in [0.717, 1.165) is 18.4 Å². The standard InChI is InChI=1S/C25H39N3O7/c1-7-25(2,3)22(30)24(32)28-13-9-8-10-17(28)23(31)27-26-20(29)12-11-16-14-18(33-4)21(35-6)19(15-16)34-5/h14-15,17,22,30H,7-13H2,1-6H3,(H,26,29)(H,27,31)/t17-,22?/m0/s1. The quantitative estimate of drug-likeness (QED) is 0.426. The number of piperidine rings is 1. The monoisotopic (exact) mass is 493 g/mol. The molecule has 1 aromatic carbocycles. The number of nitrogens with zero attached hydrogens (tertiary/aromatic N) is 1. The molecule has 1 aromatic rings. The number of hydrazine groups is 1. The molecule has 35 heavy (non-hydrogen) atoms. The van der Waals surface area contributed by atoms with Crippen LogP contribution < -0.4 is 25.1 Å². The Morgan fingerprint density at radius 1 is 1.09 bits per heavy atom. The molecule has 10 nitrogen and oxygen atoms in total. The number of rotatable bonds is 10. The smallest absolute Gasteiger partial charge is 0.261 e. The van der Waals surface area contributed by atoms with Gasteiger partial charge >= 0.3 is 0 Å². The van der Waals surface area contributed by atoms with Gasteiger partial charge in [-0.15, -0.1) is 0 Å². The second-order valence-electron chi connectivity index (χ2n) is 9.36. The van der Waals surface area contributed by atoms with Crippen molar-refractivity contribution >= 4 is 17.7 Å². The van der Waals surface area contributed by atoms with Crippen molar-refractivity contribution in [3.63, 3.8) is 0 Å². The van der Waals surface area contributed by atoms with Gasteiger partial charge in [-0.2, -0.15) is 0 Å². The number of aryl methyl sites for hydroxylation is 1. The largest absolute Gasteiger partial charge is 0.493 e. The summed E-state index contributed by atoms with van der Waals surface area (Å²) in [6, 6.07) is 2.79. The van der Waals surface area contributed by atoms with Crippen molar-refractivity contribution in [1.82, 2.24) is 15.8 Å². The zero-order valence-corrected chi connectivity index (χ0v) is 21.6. The van der Waals surface area contributed by atoms with E-state index < -0.39 is 29.4 Å². The molecular formula is C25H39N3O7. The van der Waals surface area contributed by atoms with Gasteiger partial charge in [0.25, 0.3) is 11.8 Å². The molecule has 10 heteroatoms. The van der Waals surface area contributed by atoms with Crippen LogP contribution in [-0.2, 0) is 20.8 Å². The molecule has 1 heterocycles. The van der Waals surface area contributed by atoms with E-state index in [1.54, 1.807) is 12.1 Å². The number of aliphatic hydroxyl groups excluding tert-OH is 1. The zero-order valence-electron chi connectivity index (χ0n) is 21.6. The predicted octanol–water partition coefficient (Wildman–Crippen LogP) is 1.97. The third kappa shape index (κ3) is 7.00. The topological polar surface area (TPSA) is 126 Å². The normalized spacial score (nSPS) is 16.8. The molecule has 0 aliphatic carbocycles. The molecule has 0 radical (unpaired) electrons. The van der Waals surface area contributed by atoms with E-state index in [-0.39, 0.29) is 12.3 Å². The minimum atomic E-state index is -1.20. The molecular weight excluding hydrogens is 454 g/mol. The summed E-state index contributed by atoms with van der Waals surface area (Å²) >= 11 is 0. The Balaban J connectivity index is 1.96. The van der Waals surface area contributed by atoms with Gasteiger partial charge < -0.3 is 24.2 Å². The lowest BCUT2D eigenvalue weighted by molar-refractivity contribution is -0.154. The average Bonchev–Trinajstić information content (AvgIpc) is 2.88. The van der Waals surface area contributed by atoms with E-state index in [9.17, 15) is 19.5 Å². The summed E-state index contributed by atoms with van der Waals surface area (Å²) in [5, 5.41) is 10.6. The van der Waals surface area contributed by atoms with Gasteiger partial charge in [-0.05, 0) is 55.2 Å². The van der Waals surface area contributed by atoms with Crippen molar-refractivity contribution in [1.29, 1.82) is 0 Å². The van der Waals surface area contributed by atoms with Crippen molar-refractivity contribution in [3.05, 3.63) is 17.7 Å². The second-order valence-corrected chi connectivity index (χ2v) is 9.36. The van der Waals surface area contributed by atoms with E-state index in [1.807, 2.05) is 20.8 Å². The number of methoxy groups -OCH3 is 3. The van der Waals surface area contributed by atoms with Gasteiger partial charge in [0, 0.05) is 13.0 Å². The number of benzene rings is 1. The molecule has 3 amide bonds. The molecule has 1 unspecified atom stereocenters. The highest BCUT2D eigenvalue weighted by Crippen LogP contribution is 2.38. The van der Waals surface area contributed by atoms with Gasteiger partial charge in [-0.25, -0.2) is 0 Å². The number of carbonyl (C=O) groups is 3. The van der Waals surface area contributed by atoms with E-state index in [0.29, 0.717) is 43.1 Å². The zero-order chi connectivity index (χ0) is 26.2. The third-order valence-corrected chi connectivity index (χ3v) is 6.66. The molecule has 1 saturated heterocycles. The van der Waals surface area contributed by atoms with E-state index in [1.165, 1.54) is 26.2 Å². The number of hydrogen-bond acceptors (Lipinski definition) is 7. The lowest BCUT2D eigenvalue weighted by Gasteiger charge is -2.39. The molecule has 2 atom stereocenters. The highest BCUT2D eigenvalue weighted by atomic mass is 16.5. The fourth-order valence-corrected chi connectivity index (χ4v) is 3.97. The molecule has 0 spiro atoms. The van der Waals surface area contributed by atoms with Crippen LogP contribution in [0.3, 0.4) is 0 Å². The summed E-state index contributed by atoms with van der Waals surface area (Å²) in [4.78, 5) is 39.6. The summed E-state index contributed by atoms with van der Waals surface area (Å²) in [5.41, 5.74) is 5.08. The van der Waals surface area contributed by atoms with Crippen LogP contribution in [-0.4, -0.2) is 67.7 Å². The van der Waals surface area contributed by atoms with Crippen LogP contribution >= 0.6 is 0 Å². The van der Waals surface area contributed by atoms with Crippen molar-refractivity contribution in [3.8, 4) is 17.2 Å². The summed E-state index contributed by atoms with van der Waals surface area (Å²) in [7, 11) is 4.55. The Hall–Kier alpha value is -3.01. The minimum Gasteiger partial charge on any atom is -0.493 e. The van der Waals surface area contributed by atoms with Crippen LogP contribution in [0.4, 0.5) is 0 Å². The van der Waals surface area contributed by atoms with Crippen LogP contribution in [0.5, 0.6) is 17.2 Å². The Kier molecular flexibility index (Phi) is 10.2. The summed E-state index contributed by atoms with van der Waals surface area (Å²) in [5.74, 6) is 0.144. The van der Waals surface area contributed by atoms with Gasteiger partial charge in [0.2, 0.25) is 11.7 Å². The maximum absolute atomic E-state index is 12.9. The highest BCUT2D eigenvalue weighted by molar-refractivity contribution is 5.91. The third-order valence-electron chi connectivity index (χ3n) is 6.66. The maximum atomic E-state index is 12.9. The predicted molar refractivity (Wildman–Crippen MR) is 130 cm³/mol. The van der Waals surface area contributed by atoms with Crippen molar-refractivity contribution in [2.45, 2.75) is 71.4 Å². The van der Waals surface area contributed by atoms with Gasteiger partial charge in [0.1, 0.15) is 12.1 Å². The van der Waals surface area contributed by atoms with Gasteiger partial charge in [0.15, 0.2) is 11.5 Å². The van der Waals surface area contributed by atoms with Crippen LogP contribution in [0.25, 0.3) is 0 Å². The number of likely N-dealkylation sites (tertiary alicyclic amines) is 1. The average molecular weight is 494 g/mol. The Bertz CT molecular complexity index is 878. The first-order valence-corrected chi connectivity index (χ1v) is 12.0. The molecule has 1 aliphatic rings. The molecule has 3 N–H and O–H groups in total. The van der Waals surface area contributed by atoms with Crippen LogP contribution in [0.15, 0.2) is 12.1 Å². The first kappa shape index (κ1) is 28.2. The fraction of sp³-hybridized carbons (Fsp3) is 0.640. The SMILES string of the molecule is CCC(C)(C)C(O)C(=O)N1CCCC[C@H]1C(=O)NNC(=O)CCc1cc(OC)c(OC)c(OC)c1. The lowest BCUT2D eigenvalue weighted by atomic mass is 9.82. The van der Waals surface area contributed by atoms with E-state index in [2.05, 4.69) is 10.9 Å². The summed E-state index contributed by atoms with van der Waals surface area (Å²) in [6.45, 7) is 5.94. The first-order chi connectivity index (χ1) is 16.6. The Morgan fingerprint density at radius 2 is 1.71 bits per heavy atom. The number of hydrogen-bond donors (Lipinski definition) is 3. The molecule has 0 bridgehead atoms. The van der Waals surface area contributed by atoms with Gasteiger partial charge in [-0.1, -0.05) is 20.8 Å².